The van der Waals surface area contributed by atoms with E-state index in [1.54, 1.807) is 24.5 Å². The van der Waals surface area contributed by atoms with Crippen LogP contribution in [0.25, 0.3) is 22.8 Å². The highest BCUT2D eigenvalue weighted by molar-refractivity contribution is 7.13. The second kappa shape index (κ2) is 13.4. The highest BCUT2D eigenvalue weighted by atomic mass is 35.5. The summed E-state index contributed by atoms with van der Waals surface area (Å²) < 4.78 is 0. The van der Waals surface area contributed by atoms with Crippen molar-refractivity contribution in [2.75, 3.05) is 0 Å². The molecule has 0 spiro atoms. The van der Waals surface area contributed by atoms with Crippen LogP contribution in [0.3, 0.4) is 0 Å². The summed E-state index contributed by atoms with van der Waals surface area (Å²) >= 11 is 7.60. The van der Waals surface area contributed by atoms with Crippen LogP contribution in [0.5, 0.6) is 0 Å². The number of halogens is 1. The molecule has 11 nitrogen and oxygen atoms in total. The summed E-state index contributed by atoms with van der Waals surface area (Å²) in [7, 11) is 0. The predicted molar refractivity (Wildman–Crippen MR) is 158 cm³/mol. The molecule has 0 aliphatic heterocycles. The summed E-state index contributed by atoms with van der Waals surface area (Å²) in [5.41, 5.74) is 3.91. The zero-order valence-corrected chi connectivity index (χ0v) is 24.2. The first kappa shape index (κ1) is 29.0. The van der Waals surface area contributed by atoms with Crippen LogP contribution in [-0.2, 0) is 24.1 Å². The van der Waals surface area contributed by atoms with Crippen LogP contribution in [0, 0.1) is 0 Å². The van der Waals surface area contributed by atoms with Gasteiger partial charge in [0.25, 0.3) is 5.91 Å². The molecule has 0 saturated heterocycles. The third-order valence-corrected chi connectivity index (χ3v) is 7.99. The van der Waals surface area contributed by atoms with Gasteiger partial charge in [0, 0.05) is 45.9 Å². The van der Waals surface area contributed by atoms with Crippen molar-refractivity contribution in [2.45, 2.75) is 45.1 Å². The van der Waals surface area contributed by atoms with E-state index in [1.807, 2.05) is 36.4 Å². The number of carbonyl (C=O) groups excluding carboxylic acids is 1. The lowest BCUT2D eigenvalue weighted by Crippen LogP contribution is -2.38. The maximum atomic E-state index is 13.2. The second-order valence-electron chi connectivity index (χ2n) is 9.58. The number of aromatic nitrogens is 7. The van der Waals surface area contributed by atoms with Crippen molar-refractivity contribution < 1.29 is 14.7 Å². The Morgan fingerprint density at radius 2 is 1.76 bits per heavy atom. The molecule has 5 rings (SSSR count). The fraction of sp³-hybridized carbons (Fsp3) is 0.241. The number of nitrogens with zero attached hydrogens (tertiary/aromatic N) is 6. The van der Waals surface area contributed by atoms with Crippen LogP contribution in [0.15, 0.2) is 60.9 Å². The average Bonchev–Trinajstić information content (AvgIpc) is 3.66. The Morgan fingerprint density at radius 1 is 1.05 bits per heavy atom. The number of tetrazole rings is 1. The van der Waals surface area contributed by atoms with Gasteiger partial charge in [-0.05, 0) is 35.2 Å². The number of hydrogen-bond acceptors (Lipinski definition) is 9. The summed E-state index contributed by atoms with van der Waals surface area (Å²) in [6, 6.07) is 14.1. The molecule has 3 heterocycles. The Kier molecular flexibility index (Phi) is 9.25. The quantitative estimate of drug-likeness (QED) is 0.182. The van der Waals surface area contributed by atoms with E-state index in [4.69, 9.17) is 11.6 Å². The topological polar surface area (TPSA) is 160 Å². The lowest BCUT2D eigenvalue weighted by molar-refractivity contribution is -0.137. The lowest BCUT2D eigenvalue weighted by Gasteiger charge is -2.17. The minimum atomic E-state index is -1.01. The number of H-pyrrole nitrogens is 1. The molecule has 214 valence electrons. The van der Waals surface area contributed by atoms with E-state index >= 15 is 0 Å². The van der Waals surface area contributed by atoms with Crippen molar-refractivity contribution in [3.05, 3.63) is 92.7 Å². The number of nitrogens with one attached hydrogen (secondary N) is 2. The minimum absolute atomic E-state index is 0.240. The summed E-state index contributed by atoms with van der Waals surface area (Å²) in [6.45, 7) is 2.06. The highest BCUT2D eigenvalue weighted by Gasteiger charge is 2.23. The van der Waals surface area contributed by atoms with Gasteiger partial charge in [-0.2, -0.15) is 5.21 Å². The van der Waals surface area contributed by atoms with Crippen LogP contribution in [0.2, 0.25) is 5.02 Å². The predicted octanol–water partition coefficient (Wildman–Crippen LogP) is 4.79. The maximum absolute atomic E-state index is 13.2. The molecule has 42 heavy (non-hydrogen) atoms. The number of carbonyl (C=O) groups is 2. The van der Waals surface area contributed by atoms with E-state index in [0.717, 1.165) is 45.7 Å². The fourth-order valence-electron chi connectivity index (χ4n) is 4.53. The number of benzene rings is 2. The molecule has 2 aromatic carbocycles. The monoisotopic (exact) mass is 602 g/mol. The molecule has 0 bridgehead atoms. The standard InChI is InChI=1S/C29H27ClN8O3S/c1-2-7-24-23(12-17-15-31-26(32-16-17)20-9-4-5-10-21(20)27-35-37-38-36-27)34-29(42-24)28(41)33-19(14-25(39)40)13-18-8-3-6-11-22(18)30/h3-6,8-11,15-16,19H,2,7,12-14H2,1H3,(H,33,41)(H,39,40)(H,35,36,37,38). The van der Waals surface area contributed by atoms with Crippen molar-refractivity contribution in [3.63, 3.8) is 0 Å². The Balaban J connectivity index is 1.33. The number of rotatable bonds is 12. The van der Waals surface area contributed by atoms with E-state index in [0.29, 0.717) is 23.1 Å². The Labute approximate surface area is 250 Å². The van der Waals surface area contributed by atoms with E-state index in [-0.39, 0.29) is 17.8 Å². The number of amides is 1. The van der Waals surface area contributed by atoms with Crippen LogP contribution in [0.4, 0.5) is 0 Å². The first-order chi connectivity index (χ1) is 20.4. The summed E-state index contributed by atoms with van der Waals surface area (Å²) in [5, 5.41) is 27.3. The number of thiazole rings is 1. The Morgan fingerprint density at radius 3 is 2.43 bits per heavy atom. The van der Waals surface area contributed by atoms with Crippen molar-refractivity contribution >= 4 is 34.8 Å². The Bertz CT molecular complexity index is 1670. The van der Waals surface area contributed by atoms with Crippen LogP contribution >= 0.6 is 22.9 Å². The molecule has 3 N–H and O–H groups in total. The molecule has 0 saturated carbocycles. The van der Waals surface area contributed by atoms with Gasteiger partial charge in [-0.1, -0.05) is 67.4 Å². The average molecular weight is 603 g/mol. The first-order valence-corrected chi connectivity index (χ1v) is 14.5. The van der Waals surface area contributed by atoms with E-state index < -0.39 is 17.9 Å². The van der Waals surface area contributed by atoms with Gasteiger partial charge in [0.2, 0.25) is 5.82 Å². The number of carboxylic acid groups (broad SMARTS) is 1. The van der Waals surface area contributed by atoms with E-state index in [9.17, 15) is 14.7 Å². The van der Waals surface area contributed by atoms with Gasteiger partial charge >= 0.3 is 5.97 Å². The van der Waals surface area contributed by atoms with Gasteiger partial charge in [-0.25, -0.2) is 15.0 Å². The summed E-state index contributed by atoms with van der Waals surface area (Å²) in [4.78, 5) is 39.6. The van der Waals surface area contributed by atoms with Crippen LogP contribution in [0.1, 0.15) is 51.3 Å². The van der Waals surface area contributed by atoms with Gasteiger partial charge in [0.05, 0.1) is 12.1 Å². The summed E-state index contributed by atoms with van der Waals surface area (Å²) in [5.74, 6) is -0.448. The number of hydrogen-bond donors (Lipinski definition) is 3. The lowest BCUT2D eigenvalue weighted by atomic mass is 10.0. The van der Waals surface area contributed by atoms with E-state index in [1.165, 1.54) is 11.3 Å². The van der Waals surface area contributed by atoms with Crippen molar-refractivity contribution in [1.82, 2.24) is 40.9 Å². The molecule has 3 aromatic heterocycles. The Hall–Kier alpha value is -4.55. The molecule has 1 unspecified atom stereocenters. The van der Waals surface area contributed by atoms with Gasteiger partial charge in [0.1, 0.15) is 0 Å². The number of aryl methyl sites for hydroxylation is 1. The molecule has 13 heteroatoms. The number of carboxylic acids is 1. The smallest absolute Gasteiger partial charge is 0.305 e. The highest BCUT2D eigenvalue weighted by Crippen LogP contribution is 2.28. The van der Waals surface area contributed by atoms with E-state index in [2.05, 4.69) is 47.8 Å². The molecular formula is C29H27ClN8O3S. The zero-order chi connectivity index (χ0) is 29.5. The van der Waals surface area contributed by atoms with Crippen LogP contribution in [-0.4, -0.2) is 58.6 Å². The molecule has 0 aliphatic carbocycles. The minimum Gasteiger partial charge on any atom is -0.481 e. The molecule has 1 atom stereocenters. The zero-order valence-electron chi connectivity index (χ0n) is 22.6. The molecular weight excluding hydrogens is 576 g/mol. The third-order valence-electron chi connectivity index (χ3n) is 6.46. The fourth-order valence-corrected chi connectivity index (χ4v) is 5.83. The number of aliphatic carboxylic acids is 1. The normalized spacial score (nSPS) is 11.8. The van der Waals surface area contributed by atoms with Gasteiger partial charge in [-0.3, -0.25) is 9.59 Å². The van der Waals surface area contributed by atoms with Crippen molar-refractivity contribution in [1.29, 1.82) is 0 Å². The first-order valence-electron chi connectivity index (χ1n) is 13.3. The molecule has 1 amide bonds. The second-order valence-corrected chi connectivity index (χ2v) is 11.1. The molecule has 0 aliphatic rings. The third kappa shape index (κ3) is 7.01. The largest absolute Gasteiger partial charge is 0.481 e. The summed E-state index contributed by atoms with van der Waals surface area (Å²) in [6.07, 6.45) is 5.63. The SMILES string of the molecule is CCCc1sc(C(=O)NC(CC(=O)O)Cc2ccccc2Cl)nc1Cc1cnc(-c2ccccc2-c2nn[nH]n2)nc1. The molecule has 0 fully saturated rings. The van der Waals surface area contributed by atoms with Gasteiger partial charge in [-0.15, -0.1) is 21.5 Å². The number of aromatic amines is 1. The van der Waals surface area contributed by atoms with Crippen molar-refractivity contribution in [3.8, 4) is 22.8 Å². The van der Waals surface area contributed by atoms with Gasteiger partial charge < -0.3 is 10.4 Å². The molecule has 5 aromatic rings. The maximum Gasteiger partial charge on any atom is 0.305 e. The van der Waals surface area contributed by atoms with Crippen molar-refractivity contribution in [2.24, 2.45) is 0 Å². The molecule has 0 radical (unpaired) electrons. The van der Waals surface area contributed by atoms with Gasteiger partial charge in [0.15, 0.2) is 10.8 Å². The van der Waals surface area contributed by atoms with Crippen LogP contribution < -0.4 is 5.32 Å².